The van der Waals surface area contributed by atoms with Crippen LogP contribution in [0.15, 0.2) is 66.7 Å². The van der Waals surface area contributed by atoms with Gasteiger partial charge in [0.1, 0.15) is 5.75 Å². The highest BCUT2D eigenvalue weighted by Crippen LogP contribution is 2.34. The zero-order valence-corrected chi connectivity index (χ0v) is 16.7. The van der Waals surface area contributed by atoms with Gasteiger partial charge in [-0.15, -0.1) is 0 Å². The minimum absolute atomic E-state index is 0.881. The minimum Gasteiger partial charge on any atom is -0.497 e. The van der Waals surface area contributed by atoms with Crippen LogP contribution in [0.5, 0.6) is 5.75 Å². The van der Waals surface area contributed by atoms with E-state index in [1.807, 2.05) is 12.1 Å². The lowest BCUT2D eigenvalue weighted by Gasteiger charge is -2.31. The van der Waals surface area contributed by atoms with Crippen LogP contribution in [0.1, 0.15) is 24.8 Å². The second kappa shape index (κ2) is 8.39. The molecule has 0 saturated carbocycles. The third-order valence-electron chi connectivity index (χ3n) is 5.53. The number of rotatable bonds is 5. The van der Waals surface area contributed by atoms with Crippen molar-refractivity contribution in [1.82, 2.24) is 0 Å². The van der Waals surface area contributed by atoms with Gasteiger partial charge in [-0.25, -0.2) is 0 Å². The van der Waals surface area contributed by atoms with Crippen LogP contribution in [0.4, 0.5) is 17.1 Å². The Morgan fingerprint density at radius 1 is 0.786 bits per heavy atom. The Kier molecular flexibility index (Phi) is 5.52. The fraction of sp³-hybridized carbons (Fsp3) is 0.280. The Morgan fingerprint density at radius 3 is 2.07 bits per heavy atom. The van der Waals surface area contributed by atoms with Crippen molar-refractivity contribution in [3.63, 3.8) is 0 Å². The number of benzene rings is 3. The van der Waals surface area contributed by atoms with Gasteiger partial charge in [0.05, 0.1) is 18.5 Å². The quantitative estimate of drug-likeness (QED) is 0.560. The summed E-state index contributed by atoms with van der Waals surface area (Å²) >= 11 is 0. The number of anilines is 3. The van der Waals surface area contributed by atoms with Crippen molar-refractivity contribution in [2.45, 2.75) is 26.2 Å². The van der Waals surface area contributed by atoms with Crippen LogP contribution < -0.4 is 15.0 Å². The van der Waals surface area contributed by atoms with Crippen molar-refractivity contribution < 1.29 is 4.74 Å². The highest BCUT2D eigenvalue weighted by atomic mass is 16.5. The molecule has 1 fully saturated rings. The van der Waals surface area contributed by atoms with E-state index in [4.69, 9.17) is 4.74 Å². The topological polar surface area (TPSA) is 24.5 Å². The third-order valence-corrected chi connectivity index (χ3v) is 5.53. The smallest absolute Gasteiger partial charge is 0.118 e. The van der Waals surface area contributed by atoms with Crippen molar-refractivity contribution in [2.24, 2.45) is 0 Å². The average Bonchev–Trinajstić information content (AvgIpc) is 2.76. The molecule has 1 saturated heterocycles. The highest BCUT2D eigenvalue weighted by molar-refractivity contribution is 5.79. The van der Waals surface area contributed by atoms with E-state index >= 15 is 0 Å². The Hall–Kier alpha value is -2.94. The molecule has 0 unspecified atom stereocenters. The molecule has 1 aliphatic rings. The summed E-state index contributed by atoms with van der Waals surface area (Å²) in [5.41, 5.74) is 7.33. The summed E-state index contributed by atoms with van der Waals surface area (Å²) in [5.74, 6) is 0.881. The Balaban J connectivity index is 1.56. The summed E-state index contributed by atoms with van der Waals surface area (Å²) < 4.78 is 5.25. The molecule has 28 heavy (non-hydrogen) atoms. The molecule has 0 aliphatic carbocycles. The molecular weight excluding hydrogens is 344 g/mol. The standard InChI is InChI=1S/C25H28N2O/c1-19-7-6-8-24(27-17-4-3-5-18-27)25(19)26-22-13-9-20(10-14-22)21-11-15-23(28-2)16-12-21/h6-16,26H,3-5,17-18H2,1-2H3. The number of methoxy groups -OCH3 is 1. The normalized spacial score (nSPS) is 14.0. The van der Waals surface area contributed by atoms with Gasteiger partial charge < -0.3 is 15.0 Å². The number of aryl methyl sites for hydroxylation is 1. The zero-order chi connectivity index (χ0) is 19.3. The molecule has 0 amide bonds. The van der Waals surface area contributed by atoms with Gasteiger partial charge in [-0.2, -0.15) is 0 Å². The maximum absolute atomic E-state index is 5.25. The lowest BCUT2D eigenvalue weighted by atomic mass is 10.0. The summed E-state index contributed by atoms with van der Waals surface area (Å²) in [6.07, 6.45) is 3.91. The minimum atomic E-state index is 0.881. The van der Waals surface area contributed by atoms with E-state index in [9.17, 15) is 0 Å². The number of para-hydroxylation sites is 1. The number of piperidine rings is 1. The fourth-order valence-electron chi connectivity index (χ4n) is 3.89. The van der Waals surface area contributed by atoms with Gasteiger partial charge in [-0.1, -0.05) is 36.4 Å². The van der Waals surface area contributed by atoms with Crippen LogP contribution in [0.3, 0.4) is 0 Å². The van der Waals surface area contributed by atoms with E-state index in [-0.39, 0.29) is 0 Å². The number of hydrogen-bond donors (Lipinski definition) is 1. The Bertz CT molecular complexity index is 910. The first-order valence-corrected chi connectivity index (χ1v) is 10.1. The molecule has 0 spiro atoms. The maximum atomic E-state index is 5.25. The van der Waals surface area contributed by atoms with E-state index in [0.717, 1.165) is 24.5 Å². The van der Waals surface area contributed by atoms with Gasteiger partial charge in [-0.3, -0.25) is 0 Å². The molecule has 3 aromatic rings. The third kappa shape index (κ3) is 3.99. The molecule has 144 valence electrons. The molecule has 4 rings (SSSR count). The Morgan fingerprint density at radius 2 is 1.43 bits per heavy atom. The summed E-state index contributed by atoms with van der Waals surface area (Å²) in [6, 6.07) is 23.4. The number of ether oxygens (including phenoxy) is 1. The van der Waals surface area contributed by atoms with Crippen LogP contribution in [0, 0.1) is 6.92 Å². The molecule has 0 aromatic heterocycles. The maximum Gasteiger partial charge on any atom is 0.118 e. The zero-order valence-electron chi connectivity index (χ0n) is 16.7. The number of nitrogens with one attached hydrogen (secondary N) is 1. The molecule has 1 heterocycles. The summed E-state index contributed by atoms with van der Waals surface area (Å²) in [4.78, 5) is 2.52. The first-order chi connectivity index (χ1) is 13.7. The second-order valence-corrected chi connectivity index (χ2v) is 7.45. The van der Waals surface area contributed by atoms with Gasteiger partial charge in [0.2, 0.25) is 0 Å². The van der Waals surface area contributed by atoms with E-state index in [2.05, 4.69) is 71.7 Å². The van der Waals surface area contributed by atoms with Crippen molar-refractivity contribution in [3.05, 3.63) is 72.3 Å². The summed E-state index contributed by atoms with van der Waals surface area (Å²) in [7, 11) is 1.69. The summed E-state index contributed by atoms with van der Waals surface area (Å²) in [5, 5.41) is 3.67. The van der Waals surface area contributed by atoms with Crippen LogP contribution in [-0.2, 0) is 0 Å². The number of hydrogen-bond acceptors (Lipinski definition) is 3. The van der Waals surface area contributed by atoms with Crippen LogP contribution >= 0.6 is 0 Å². The molecular formula is C25H28N2O. The molecule has 1 N–H and O–H groups in total. The monoisotopic (exact) mass is 372 g/mol. The van der Waals surface area contributed by atoms with Crippen molar-refractivity contribution >= 4 is 17.1 Å². The average molecular weight is 373 g/mol. The molecule has 3 heteroatoms. The van der Waals surface area contributed by atoms with E-state index in [1.54, 1.807) is 7.11 Å². The predicted octanol–water partition coefficient (Wildman–Crippen LogP) is 6.40. The molecule has 3 nitrogen and oxygen atoms in total. The van der Waals surface area contributed by atoms with Gasteiger partial charge in [-0.05, 0) is 73.2 Å². The lowest BCUT2D eigenvalue weighted by molar-refractivity contribution is 0.415. The van der Waals surface area contributed by atoms with E-state index < -0.39 is 0 Å². The van der Waals surface area contributed by atoms with Crippen molar-refractivity contribution in [3.8, 4) is 16.9 Å². The fourth-order valence-corrected chi connectivity index (χ4v) is 3.89. The van der Waals surface area contributed by atoms with Crippen LogP contribution in [0.25, 0.3) is 11.1 Å². The van der Waals surface area contributed by atoms with Crippen molar-refractivity contribution in [2.75, 3.05) is 30.4 Å². The van der Waals surface area contributed by atoms with E-state index in [1.165, 1.54) is 47.3 Å². The highest BCUT2D eigenvalue weighted by Gasteiger charge is 2.16. The van der Waals surface area contributed by atoms with Gasteiger partial charge in [0, 0.05) is 18.8 Å². The van der Waals surface area contributed by atoms with Gasteiger partial charge >= 0.3 is 0 Å². The summed E-state index contributed by atoms with van der Waals surface area (Å²) in [6.45, 7) is 4.48. The van der Waals surface area contributed by atoms with Crippen LogP contribution in [-0.4, -0.2) is 20.2 Å². The van der Waals surface area contributed by atoms with Gasteiger partial charge in [0.15, 0.2) is 0 Å². The number of nitrogens with zero attached hydrogens (tertiary/aromatic N) is 1. The largest absolute Gasteiger partial charge is 0.497 e. The molecule has 3 aromatic carbocycles. The first kappa shape index (κ1) is 18.4. The molecule has 1 aliphatic heterocycles. The molecule has 0 atom stereocenters. The molecule has 0 radical (unpaired) electrons. The first-order valence-electron chi connectivity index (χ1n) is 10.1. The van der Waals surface area contributed by atoms with Crippen LogP contribution in [0.2, 0.25) is 0 Å². The predicted molar refractivity (Wildman–Crippen MR) is 119 cm³/mol. The second-order valence-electron chi connectivity index (χ2n) is 7.45. The molecule has 0 bridgehead atoms. The van der Waals surface area contributed by atoms with E-state index in [0.29, 0.717) is 0 Å². The lowest BCUT2D eigenvalue weighted by Crippen LogP contribution is -2.30. The van der Waals surface area contributed by atoms with Crippen molar-refractivity contribution in [1.29, 1.82) is 0 Å². The Labute approximate surface area is 168 Å². The SMILES string of the molecule is COc1ccc(-c2ccc(Nc3c(C)cccc3N3CCCCC3)cc2)cc1. The van der Waals surface area contributed by atoms with Gasteiger partial charge in [0.25, 0.3) is 0 Å².